The predicted octanol–water partition coefficient (Wildman–Crippen LogP) is 1.68. The molecule has 28 heavy (non-hydrogen) atoms. The Kier molecular flexibility index (Phi) is 5.64. The number of H-pyrrole nitrogens is 1. The van der Waals surface area contributed by atoms with Crippen LogP contribution in [-0.2, 0) is 14.3 Å². The Morgan fingerprint density at radius 3 is 2.61 bits per heavy atom. The number of hydrogen-bond acceptors (Lipinski definition) is 7. The summed E-state index contributed by atoms with van der Waals surface area (Å²) in [5.74, 6) is -1.80. The molecule has 0 saturated heterocycles. The fourth-order valence-corrected chi connectivity index (χ4v) is 2.68. The molecule has 1 amide bonds. The first-order valence-corrected chi connectivity index (χ1v) is 8.62. The lowest BCUT2D eigenvalue weighted by molar-refractivity contribution is -0.116. The summed E-state index contributed by atoms with van der Waals surface area (Å²) < 4.78 is 10.1. The normalized spacial score (nSPS) is 14.6. The molecule has 2 aromatic rings. The van der Waals surface area contributed by atoms with Crippen molar-refractivity contribution >= 4 is 29.6 Å². The smallest absolute Gasteiger partial charge is 0.341 e. The van der Waals surface area contributed by atoms with Gasteiger partial charge in [0.15, 0.2) is 0 Å². The van der Waals surface area contributed by atoms with Crippen LogP contribution in [0.3, 0.4) is 0 Å². The zero-order valence-corrected chi connectivity index (χ0v) is 15.3. The average Bonchev–Trinajstić information content (AvgIpc) is 3.27. The molecule has 0 bridgehead atoms. The minimum Gasteiger partial charge on any atom is -0.462 e. The first-order valence-electron chi connectivity index (χ1n) is 8.62. The highest BCUT2D eigenvalue weighted by atomic mass is 16.5. The second kappa shape index (κ2) is 8.30. The minimum absolute atomic E-state index is 0.00182. The van der Waals surface area contributed by atoms with Gasteiger partial charge in [0.05, 0.1) is 35.6 Å². The fourth-order valence-electron chi connectivity index (χ4n) is 2.68. The summed E-state index contributed by atoms with van der Waals surface area (Å²) in [7, 11) is 0. The van der Waals surface area contributed by atoms with Gasteiger partial charge in [-0.05, 0) is 32.1 Å². The van der Waals surface area contributed by atoms with Crippen LogP contribution in [0.25, 0.3) is 6.08 Å². The zero-order valence-electron chi connectivity index (χ0n) is 15.3. The molecule has 2 N–H and O–H groups in total. The number of rotatable bonds is 6. The summed E-state index contributed by atoms with van der Waals surface area (Å²) in [6, 6.07) is 3.47. The lowest BCUT2D eigenvalue weighted by Gasteiger charge is -2.06. The van der Waals surface area contributed by atoms with Crippen molar-refractivity contribution < 1.29 is 23.9 Å². The summed E-state index contributed by atoms with van der Waals surface area (Å²) in [5.41, 5.74) is 3.89. The van der Waals surface area contributed by atoms with Crippen LogP contribution in [0.4, 0.5) is 0 Å². The Balaban J connectivity index is 2.07. The van der Waals surface area contributed by atoms with Gasteiger partial charge in [0.2, 0.25) is 0 Å². The topological polar surface area (TPSA) is 123 Å². The number of nitrogens with one attached hydrogen (secondary N) is 2. The van der Waals surface area contributed by atoms with Gasteiger partial charge in [-0.25, -0.2) is 15.0 Å². The van der Waals surface area contributed by atoms with E-state index in [0.29, 0.717) is 11.3 Å². The Hall–Kier alpha value is -3.75. The first-order chi connectivity index (χ1) is 13.6. The molecule has 2 aromatic heterocycles. The summed E-state index contributed by atoms with van der Waals surface area (Å²) in [6.07, 6.45) is 5.97. The van der Waals surface area contributed by atoms with Crippen molar-refractivity contribution in [3.05, 3.63) is 58.7 Å². The number of amides is 1. The molecular weight excluding hydrogens is 364 g/mol. The van der Waals surface area contributed by atoms with Crippen molar-refractivity contribution in [2.24, 2.45) is 5.10 Å². The number of carbonyl (C=O) groups excluding carboxylic acids is 3. The van der Waals surface area contributed by atoms with Crippen molar-refractivity contribution in [3.63, 3.8) is 0 Å². The van der Waals surface area contributed by atoms with Crippen molar-refractivity contribution in [2.45, 2.75) is 13.8 Å². The highest BCUT2D eigenvalue weighted by molar-refractivity contribution is 6.33. The molecule has 1 aliphatic rings. The molecule has 0 saturated carbocycles. The summed E-state index contributed by atoms with van der Waals surface area (Å²) in [4.78, 5) is 43.8. The average molecular weight is 382 g/mol. The number of aromatic nitrogens is 2. The van der Waals surface area contributed by atoms with Crippen LogP contribution in [0.5, 0.6) is 0 Å². The van der Waals surface area contributed by atoms with Gasteiger partial charge in [-0.2, -0.15) is 5.10 Å². The van der Waals surface area contributed by atoms with Crippen LogP contribution in [0, 0.1) is 0 Å². The number of esters is 2. The maximum Gasteiger partial charge on any atom is 0.341 e. The molecule has 0 atom stereocenters. The molecule has 0 spiro atoms. The van der Waals surface area contributed by atoms with Crippen LogP contribution in [0.1, 0.15) is 45.8 Å². The molecule has 144 valence electrons. The molecule has 3 heterocycles. The minimum atomic E-state index is -0.697. The van der Waals surface area contributed by atoms with Gasteiger partial charge in [-0.15, -0.1) is 0 Å². The van der Waals surface area contributed by atoms with E-state index in [-0.39, 0.29) is 35.6 Å². The quantitative estimate of drug-likeness (QED) is 0.579. The van der Waals surface area contributed by atoms with Crippen molar-refractivity contribution in [1.82, 2.24) is 15.4 Å². The number of aromatic amines is 1. The van der Waals surface area contributed by atoms with E-state index in [1.54, 1.807) is 38.4 Å². The molecule has 3 rings (SSSR count). The van der Waals surface area contributed by atoms with Crippen LogP contribution in [-0.4, -0.2) is 46.7 Å². The van der Waals surface area contributed by atoms with E-state index in [9.17, 15) is 14.4 Å². The Labute approximate surface area is 160 Å². The number of hydrogen-bond donors (Lipinski definition) is 2. The maximum absolute atomic E-state index is 12.4. The largest absolute Gasteiger partial charge is 0.462 e. The fraction of sp³-hybridized carbons (Fsp3) is 0.211. The molecular formula is C19H18N4O5. The third-order valence-electron chi connectivity index (χ3n) is 3.88. The third-order valence-corrected chi connectivity index (χ3v) is 3.88. The maximum atomic E-state index is 12.4. The Bertz CT molecular complexity index is 975. The van der Waals surface area contributed by atoms with Crippen molar-refractivity contribution in [3.8, 4) is 0 Å². The van der Waals surface area contributed by atoms with Crippen molar-refractivity contribution in [1.29, 1.82) is 0 Å². The number of carbonyl (C=O) groups is 3. The van der Waals surface area contributed by atoms with E-state index in [4.69, 9.17) is 9.47 Å². The highest BCUT2D eigenvalue weighted by Crippen LogP contribution is 2.23. The molecule has 0 aromatic carbocycles. The van der Waals surface area contributed by atoms with E-state index in [0.717, 1.165) is 0 Å². The number of hydrazone groups is 1. The van der Waals surface area contributed by atoms with E-state index < -0.39 is 17.8 Å². The number of pyridine rings is 1. The van der Waals surface area contributed by atoms with Gasteiger partial charge >= 0.3 is 11.9 Å². The highest BCUT2D eigenvalue weighted by Gasteiger charge is 2.28. The summed E-state index contributed by atoms with van der Waals surface area (Å²) in [5, 5.41) is 4.03. The van der Waals surface area contributed by atoms with Crippen molar-refractivity contribution in [2.75, 3.05) is 13.2 Å². The van der Waals surface area contributed by atoms with E-state index in [2.05, 4.69) is 20.5 Å². The molecule has 0 unspecified atom stereocenters. The summed E-state index contributed by atoms with van der Waals surface area (Å²) in [6.45, 7) is 3.61. The van der Waals surface area contributed by atoms with Crippen LogP contribution >= 0.6 is 0 Å². The zero-order chi connectivity index (χ0) is 20.1. The van der Waals surface area contributed by atoms with E-state index >= 15 is 0 Å². The van der Waals surface area contributed by atoms with Gasteiger partial charge < -0.3 is 14.5 Å². The SMILES string of the molecule is CCOC(=O)c1c[nH]c(/C=C2/C(=O)NN=C2c2cccnc2)c1C(=O)OCC. The van der Waals surface area contributed by atoms with Gasteiger partial charge in [0.1, 0.15) is 5.71 Å². The number of ether oxygens (including phenoxy) is 2. The second-order valence-electron chi connectivity index (χ2n) is 5.63. The monoisotopic (exact) mass is 382 g/mol. The van der Waals surface area contributed by atoms with Crippen LogP contribution in [0.15, 0.2) is 41.4 Å². The lowest BCUT2D eigenvalue weighted by atomic mass is 10.0. The number of nitrogens with zero attached hydrogens (tertiary/aromatic N) is 2. The van der Waals surface area contributed by atoms with Crippen LogP contribution < -0.4 is 5.43 Å². The lowest BCUT2D eigenvalue weighted by Crippen LogP contribution is -2.15. The van der Waals surface area contributed by atoms with Gasteiger partial charge in [0.25, 0.3) is 5.91 Å². The first kappa shape index (κ1) is 19.0. The van der Waals surface area contributed by atoms with E-state index in [1.807, 2.05) is 0 Å². The van der Waals surface area contributed by atoms with Crippen LogP contribution in [0.2, 0.25) is 0 Å². The molecule has 0 aliphatic carbocycles. The molecule has 9 heteroatoms. The molecule has 0 radical (unpaired) electrons. The predicted molar refractivity (Wildman–Crippen MR) is 99.6 cm³/mol. The Morgan fingerprint density at radius 2 is 1.93 bits per heavy atom. The summed E-state index contributed by atoms with van der Waals surface area (Å²) >= 11 is 0. The standard InChI is InChI=1S/C19H18N4O5/c1-3-27-18(25)13-10-21-14(15(13)19(26)28-4-2)8-12-16(22-23-17(12)24)11-6-5-7-20-9-11/h5-10,21H,3-4H2,1-2H3,(H,23,24)/b12-8+. The second-order valence-corrected chi connectivity index (χ2v) is 5.63. The molecule has 9 nitrogen and oxygen atoms in total. The van der Waals surface area contributed by atoms with Gasteiger partial charge in [0, 0.05) is 24.2 Å². The van der Waals surface area contributed by atoms with E-state index in [1.165, 1.54) is 12.3 Å². The van der Waals surface area contributed by atoms with Gasteiger partial charge in [-0.1, -0.05) is 0 Å². The Morgan fingerprint density at radius 1 is 1.18 bits per heavy atom. The van der Waals surface area contributed by atoms with Gasteiger partial charge in [-0.3, -0.25) is 9.78 Å². The molecule has 1 aliphatic heterocycles. The third kappa shape index (κ3) is 3.68. The molecule has 0 fully saturated rings.